The average molecular weight is 531 g/mol. The minimum absolute atomic E-state index is 0.112. The third-order valence-corrected chi connectivity index (χ3v) is 7.96. The number of anilines is 1. The highest BCUT2D eigenvalue weighted by molar-refractivity contribution is 7.92. The summed E-state index contributed by atoms with van der Waals surface area (Å²) in [6.45, 7) is 1.98. The number of para-hydroxylation sites is 1. The van der Waals surface area contributed by atoms with E-state index >= 15 is 0 Å². The van der Waals surface area contributed by atoms with E-state index in [1.165, 1.54) is 4.31 Å². The second-order valence-corrected chi connectivity index (χ2v) is 10.5. The monoisotopic (exact) mass is 530 g/mol. The van der Waals surface area contributed by atoms with Gasteiger partial charge in [0.15, 0.2) is 0 Å². The van der Waals surface area contributed by atoms with Crippen LogP contribution < -0.4 is 19.1 Å². The maximum absolute atomic E-state index is 13.5. The van der Waals surface area contributed by atoms with Gasteiger partial charge in [-0.15, -0.1) is 0 Å². The second kappa shape index (κ2) is 11.8. The molecule has 8 heteroatoms. The molecule has 4 aromatic rings. The van der Waals surface area contributed by atoms with Gasteiger partial charge in [0.2, 0.25) is 0 Å². The van der Waals surface area contributed by atoms with Crippen molar-refractivity contribution in [2.45, 2.75) is 24.4 Å². The molecule has 0 saturated heterocycles. The van der Waals surface area contributed by atoms with Crippen LogP contribution in [0.5, 0.6) is 11.5 Å². The van der Waals surface area contributed by atoms with Crippen molar-refractivity contribution >= 4 is 21.6 Å². The van der Waals surface area contributed by atoms with Gasteiger partial charge in [-0.25, -0.2) is 8.42 Å². The Kier molecular flexibility index (Phi) is 8.33. The first-order chi connectivity index (χ1) is 18.3. The number of carbonyl (C=O) groups excluding carboxylic acids is 1. The first kappa shape index (κ1) is 26.8. The summed E-state index contributed by atoms with van der Waals surface area (Å²) in [5, 5.41) is 2.99. The number of nitrogens with one attached hydrogen (secondary N) is 1. The number of hydrogen-bond acceptors (Lipinski definition) is 5. The largest absolute Gasteiger partial charge is 0.497 e. The summed E-state index contributed by atoms with van der Waals surface area (Å²) < 4.78 is 39.1. The molecule has 0 radical (unpaired) electrons. The Balaban J connectivity index is 1.54. The molecule has 7 nitrogen and oxygen atoms in total. The van der Waals surface area contributed by atoms with Crippen molar-refractivity contribution < 1.29 is 22.7 Å². The lowest BCUT2D eigenvalue weighted by Gasteiger charge is -2.25. The minimum Gasteiger partial charge on any atom is -0.497 e. The molecule has 1 unspecified atom stereocenters. The van der Waals surface area contributed by atoms with Gasteiger partial charge in [-0.1, -0.05) is 48.5 Å². The third-order valence-electron chi connectivity index (χ3n) is 6.17. The molecule has 38 heavy (non-hydrogen) atoms. The number of rotatable bonds is 10. The molecule has 1 N–H and O–H groups in total. The Bertz CT molecular complexity index is 1470. The fourth-order valence-corrected chi connectivity index (χ4v) is 5.57. The van der Waals surface area contributed by atoms with Gasteiger partial charge < -0.3 is 14.8 Å². The van der Waals surface area contributed by atoms with E-state index in [2.05, 4.69) is 5.32 Å². The van der Waals surface area contributed by atoms with Crippen LogP contribution >= 0.6 is 0 Å². The van der Waals surface area contributed by atoms with Gasteiger partial charge >= 0.3 is 0 Å². The first-order valence-electron chi connectivity index (χ1n) is 12.1. The molecule has 0 spiro atoms. The van der Waals surface area contributed by atoms with Crippen LogP contribution in [0.15, 0.2) is 108 Å². The molecule has 0 aliphatic carbocycles. The Labute approximate surface area is 223 Å². The molecule has 0 aromatic heterocycles. The highest BCUT2D eigenvalue weighted by Gasteiger charge is 2.25. The highest BCUT2D eigenvalue weighted by Crippen LogP contribution is 2.30. The van der Waals surface area contributed by atoms with Gasteiger partial charge in [-0.2, -0.15) is 0 Å². The lowest BCUT2D eigenvalue weighted by molar-refractivity contribution is 0.0939. The van der Waals surface area contributed by atoms with Gasteiger partial charge in [0.1, 0.15) is 11.5 Å². The predicted octanol–water partition coefficient (Wildman–Crippen LogP) is 5.59. The number of amides is 1. The van der Waals surface area contributed by atoms with Crippen LogP contribution in [-0.2, 0) is 16.6 Å². The van der Waals surface area contributed by atoms with Gasteiger partial charge in [0, 0.05) is 11.1 Å². The smallest absolute Gasteiger partial charge is 0.264 e. The summed E-state index contributed by atoms with van der Waals surface area (Å²) in [4.78, 5) is 13.2. The molecule has 4 rings (SSSR count). The normalized spacial score (nSPS) is 11.9. The Hall–Kier alpha value is -4.30. The number of hydrogen-bond donors (Lipinski definition) is 1. The zero-order valence-corrected chi connectivity index (χ0v) is 22.3. The van der Waals surface area contributed by atoms with Crippen molar-refractivity contribution in [3.63, 3.8) is 0 Å². The average Bonchev–Trinajstić information content (AvgIpc) is 2.96. The van der Waals surface area contributed by atoms with Crippen LogP contribution in [-0.4, -0.2) is 28.5 Å². The van der Waals surface area contributed by atoms with Gasteiger partial charge in [-0.3, -0.25) is 9.10 Å². The molecule has 4 aromatic carbocycles. The summed E-state index contributed by atoms with van der Waals surface area (Å²) in [5.41, 5.74) is 2.55. The number of carbonyl (C=O) groups is 1. The van der Waals surface area contributed by atoms with Crippen molar-refractivity contribution in [3.05, 3.63) is 120 Å². The van der Waals surface area contributed by atoms with E-state index in [4.69, 9.17) is 9.47 Å². The molecule has 0 saturated carbocycles. The molecule has 0 heterocycles. The second-order valence-electron chi connectivity index (χ2n) is 8.66. The third kappa shape index (κ3) is 5.98. The SMILES string of the molecule is COc1ccc(OC)c(C(C)NC(=O)c2ccc(CN(c3ccccc3)S(=O)(=O)c3ccccc3)cc2)c1. The van der Waals surface area contributed by atoms with Crippen LogP contribution in [0.3, 0.4) is 0 Å². The highest BCUT2D eigenvalue weighted by atomic mass is 32.2. The van der Waals surface area contributed by atoms with E-state index in [-0.39, 0.29) is 23.4 Å². The first-order valence-corrected chi connectivity index (χ1v) is 13.5. The van der Waals surface area contributed by atoms with Crippen LogP contribution in [0.25, 0.3) is 0 Å². The maximum atomic E-state index is 13.5. The van der Waals surface area contributed by atoms with Crippen LogP contribution in [0.1, 0.15) is 34.5 Å². The van der Waals surface area contributed by atoms with Gasteiger partial charge in [0.05, 0.1) is 37.4 Å². The molecular weight excluding hydrogens is 500 g/mol. The fraction of sp³-hybridized carbons (Fsp3) is 0.167. The molecule has 1 amide bonds. The molecule has 0 aliphatic rings. The van der Waals surface area contributed by atoms with Gasteiger partial charge in [0.25, 0.3) is 15.9 Å². The molecule has 0 fully saturated rings. The van der Waals surface area contributed by atoms with Crippen molar-refractivity contribution in [1.29, 1.82) is 0 Å². The predicted molar refractivity (Wildman–Crippen MR) is 148 cm³/mol. The minimum atomic E-state index is -3.81. The van der Waals surface area contributed by atoms with E-state index in [1.807, 2.05) is 19.1 Å². The zero-order valence-electron chi connectivity index (χ0n) is 21.5. The fourth-order valence-electron chi connectivity index (χ4n) is 4.09. The van der Waals surface area contributed by atoms with E-state index in [0.717, 1.165) is 11.1 Å². The topological polar surface area (TPSA) is 84.9 Å². The lowest BCUT2D eigenvalue weighted by atomic mass is 10.1. The molecule has 0 aliphatic heterocycles. The van der Waals surface area contributed by atoms with E-state index in [1.54, 1.807) is 105 Å². The van der Waals surface area contributed by atoms with Gasteiger partial charge in [-0.05, 0) is 67.1 Å². The molecule has 196 valence electrons. The molecular formula is C30H30N2O5S. The Morgan fingerprint density at radius 3 is 2.08 bits per heavy atom. The number of benzene rings is 4. The number of ether oxygens (including phenoxy) is 2. The zero-order chi connectivity index (χ0) is 27.1. The summed E-state index contributed by atoms with van der Waals surface area (Å²) in [6, 6.07) is 29.3. The van der Waals surface area contributed by atoms with Crippen LogP contribution in [0, 0.1) is 0 Å². The van der Waals surface area contributed by atoms with E-state index in [9.17, 15) is 13.2 Å². The van der Waals surface area contributed by atoms with Crippen LogP contribution in [0.4, 0.5) is 5.69 Å². The lowest BCUT2D eigenvalue weighted by Crippen LogP contribution is -2.30. The standard InChI is InChI=1S/C30H30N2O5S/c1-22(28-20-26(36-2)18-19-29(28)37-3)31-30(33)24-16-14-23(15-17-24)21-32(25-10-6-4-7-11-25)38(34,35)27-12-8-5-9-13-27/h4-20,22H,21H2,1-3H3,(H,31,33). The number of sulfonamides is 1. The Morgan fingerprint density at radius 1 is 0.842 bits per heavy atom. The van der Waals surface area contributed by atoms with E-state index < -0.39 is 10.0 Å². The quantitative estimate of drug-likeness (QED) is 0.289. The molecule has 1 atom stereocenters. The Morgan fingerprint density at radius 2 is 1.47 bits per heavy atom. The summed E-state index contributed by atoms with van der Waals surface area (Å²) >= 11 is 0. The summed E-state index contributed by atoms with van der Waals surface area (Å²) in [5.74, 6) is 1.06. The summed E-state index contributed by atoms with van der Waals surface area (Å²) in [7, 11) is -0.643. The van der Waals surface area contributed by atoms with Crippen molar-refractivity contribution in [2.75, 3.05) is 18.5 Å². The number of nitrogens with zero attached hydrogens (tertiary/aromatic N) is 1. The number of methoxy groups -OCH3 is 2. The van der Waals surface area contributed by atoms with Crippen molar-refractivity contribution in [1.82, 2.24) is 5.32 Å². The molecule has 0 bridgehead atoms. The van der Waals surface area contributed by atoms with Crippen molar-refractivity contribution in [3.8, 4) is 11.5 Å². The van der Waals surface area contributed by atoms with Crippen molar-refractivity contribution in [2.24, 2.45) is 0 Å². The summed E-state index contributed by atoms with van der Waals surface area (Å²) in [6.07, 6.45) is 0. The maximum Gasteiger partial charge on any atom is 0.264 e. The van der Waals surface area contributed by atoms with Crippen LogP contribution in [0.2, 0.25) is 0 Å². The van der Waals surface area contributed by atoms with E-state index in [0.29, 0.717) is 22.7 Å².